The molecule has 0 saturated carbocycles. The van der Waals surface area contributed by atoms with Crippen molar-refractivity contribution in [2.45, 2.75) is 6.42 Å². The number of aromatic nitrogens is 1. The molecule has 0 aliphatic heterocycles. The van der Waals surface area contributed by atoms with E-state index in [4.69, 9.17) is 5.26 Å². The van der Waals surface area contributed by atoms with Crippen LogP contribution in [0.25, 0.3) is 0 Å². The average Bonchev–Trinajstić information content (AvgIpc) is 2.06. The van der Waals surface area contributed by atoms with Crippen molar-refractivity contribution in [3.05, 3.63) is 29.6 Å². The van der Waals surface area contributed by atoms with Crippen LogP contribution in [0.5, 0.6) is 0 Å². The molecule has 0 aliphatic carbocycles. The Morgan fingerprint density at radius 2 is 2.55 bits per heavy atom. The van der Waals surface area contributed by atoms with Crippen LogP contribution >= 0.6 is 0 Å². The second kappa shape index (κ2) is 3.47. The second-order valence-corrected chi connectivity index (χ2v) is 2.00. The molecule has 0 fully saturated rings. The molecule has 0 amide bonds. The summed E-state index contributed by atoms with van der Waals surface area (Å²) in [6, 6.07) is 5.39. The highest BCUT2D eigenvalue weighted by Gasteiger charge is 1.99. The van der Waals surface area contributed by atoms with Gasteiger partial charge in [0.15, 0.2) is 6.29 Å². The van der Waals surface area contributed by atoms with Gasteiger partial charge >= 0.3 is 0 Å². The number of carbonyl (C=O) groups is 1. The summed E-state index contributed by atoms with van der Waals surface area (Å²) in [4.78, 5) is 14.1. The summed E-state index contributed by atoms with van der Waals surface area (Å²) in [5.74, 6) is 0. The standard InChI is InChI=1S/C8H6N2O/c9-4-3-7-2-1-5-10-8(7)6-11/h1-2,5-6H,3H2. The van der Waals surface area contributed by atoms with Gasteiger partial charge < -0.3 is 0 Å². The van der Waals surface area contributed by atoms with E-state index in [2.05, 4.69) is 4.98 Å². The Morgan fingerprint density at radius 3 is 3.18 bits per heavy atom. The molecule has 0 spiro atoms. The Labute approximate surface area is 64.3 Å². The monoisotopic (exact) mass is 146 g/mol. The maximum Gasteiger partial charge on any atom is 0.168 e. The third kappa shape index (κ3) is 1.62. The van der Waals surface area contributed by atoms with E-state index in [0.717, 1.165) is 0 Å². The number of hydrogen-bond acceptors (Lipinski definition) is 3. The zero-order chi connectivity index (χ0) is 8.10. The van der Waals surface area contributed by atoms with Gasteiger partial charge in [-0.15, -0.1) is 0 Å². The second-order valence-electron chi connectivity index (χ2n) is 2.00. The Morgan fingerprint density at radius 1 is 1.73 bits per heavy atom. The van der Waals surface area contributed by atoms with Crippen LogP contribution in [-0.4, -0.2) is 11.3 Å². The summed E-state index contributed by atoms with van der Waals surface area (Å²) < 4.78 is 0. The third-order valence-corrected chi connectivity index (χ3v) is 1.31. The lowest BCUT2D eigenvalue weighted by atomic mass is 10.1. The van der Waals surface area contributed by atoms with Gasteiger partial charge in [0.2, 0.25) is 0 Å². The number of carbonyl (C=O) groups excluding carboxylic acids is 1. The van der Waals surface area contributed by atoms with Crippen LogP contribution < -0.4 is 0 Å². The van der Waals surface area contributed by atoms with Crippen molar-refractivity contribution in [2.75, 3.05) is 0 Å². The summed E-state index contributed by atoms with van der Waals surface area (Å²) in [6.07, 6.45) is 2.43. The lowest BCUT2D eigenvalue weighted by Crippen LogP contribution is -1.93. The van der Waals surface area contributed by atoms with E-state index >= 15 is 0 Å². The van der Waals surface area contributed by atoms with Gasteiger partial charge in [-0.05, 0) is 11.6 Å². The molecule has 3 nitrogen and oxygen atoms in total. The zero-order valence-electron chi connectivity index (χ0n) is 5.82. The first-order valence-electron chi connectivity index (χ1n) is 3.14. The fourth-order valence-corrected chi connectivity index (χ4v) is 0.792. The van der Waals surface area contributed by atoms with Gasteiger partial charge in [-0.2, -0.15) is 5.26 Å². The van der Waals surface area contributed by atoms with Crippen LogP contribution in [0.3, 0.4) is 0 Å². The lowest BCUT2D eigenvalue weighted by Gasteiger charge is -1.95. The minimum absolute atomic E-state index is 0.238. The summed E-state index contributed by atoms with van der Waals surface area (Å²) in [5.41, 5.74) is 1.04. The minimum Gasteiger partial charge on any atom is -0.296 e. The van der Waals surface area contributed by atoms with Crippen LogP contribution in [0.4, 0.5) is 0 Å². The molecule has 54 valence electrons. The van der Waals surface area contributed by atoms with E-state index in [1.54, 1.807) is 12.1 Å². The molecule has 0 atom stereocenters. The molecule has 0 aliphatic rings. The van der Waals surface area contributed by atoms with E-state index in [1.165, 1.54) is 6.20 Å². The molecule has 0 N–H and O–H groups in total. The van der Waals surface area contributed by atoms with E-state index in [1.807, 2.05) is 6.07 Å². The van der Waals surface area contributed by atoms with Crippen molar-refractivity contribution in [3.63, 3.8) is 0 Å². The molecule has 0 bridgehead atoms. The number of pyridine rings is 1. The zero-order valence-corrected chi connectivity index (χ0v) is 5.82. The third-order valence-electron chi connectivity index (χ3n) is 1.31. The summed E-state index contributed by atoms with van der Waals surface area (Å²) in [7, 11) is 0. The predicted molar refractivity (Wildman–Crippen MR) is 38.9 cm³/mol. The molecular formula is C8H6N2O. The van der Waals surface area contributed by atoms with Crippen molar-refractivity contribution in [2.24, 2.45) is 0 Å². The summed E-state index contributed by atoms with van der Waals surface area (Å²) >= 11 is 0. The van der Waals surface area contributed by atoms with Crippen molar-refractivity contribution < 1.29 is 4.79 Å². The highest BCUT2D eigenvalue weighted by molar-refractivity contribution is 5.74. The molecule has 0 saturated heterocycles. The van der Waals surface area contributed by atoms with Gasteiger partial charge in [0.25, 0.3) is 0 Å². The SMILES string of the molecule is N#CCc1cccnc1C=O. The van der Waals surface area contributed by atoms with E-state index in [9.17, 15) is 4.79 Å². The first kappa shape index (κ1) is 7.42. The number of aldehydes is 1. The summed E-state index contributed by atoms with van der Waals surface area (Å²) in [6.45, 7) is 0. The maximum absolute atomic E-state index is 10.3. The molecule has 3 heteroatoms. The average molecular weight is 146 g/mol. The summed E-state index contributed by atoms with van der Waals surface area (Å²) in [5, 5.41) is 8.35. The first-order chi connectivity index (χ1) is 5.38. The van der Waals surface area contributed by atoms with Crippen molar-refractivity contribution >= 4 is 6.29 Å². The van der Waals surface area contributed by atoms with Crippen molar-refractivity contribution in [1.82, 2.24) is 4.98 Å². The van der Waals surface area contributed by atoms with Gasteiger partial charge in [-0.1, -0.05) is 6.07 Å². The number of rotatable bonds is 2. The molecule has 0 unspecified atom stereocenters. The fourth-order valence-electron chi connectivity index (χ4n) is 0.792. The predicted octanol–water partition coefficient (Wildman–Crippen LogP) is 0.960. The van der Waals surface area contributed by atoms with Gasteiger partial charge in [0.05, 0.1) is 12.5 Å². The highest BCUT2D eigenvalue weighted by atomic mass is 16.1. The van der Waals surface area contributed by atoms with E-state index in [-0.39, 0.29) is 6.42 Å². The normalized spacial score (nSPS) is 8.64. The molecule has 1 heterocycles. The topological polar surface area (TPSA) is 53.8 Å². The maximum atomic E-state index is 10.3. The molecule has 0 aromatic carbocycles. The quantitative estimate of drug-likeness (QED) is 0.584. The van der Waals surface area contributed by atoms with Gasteiger partial charge in [-0.25, -0.2) is 0 Å². The Balaban J connectivity index is 3.04. The van der Waals surface area contributed by atoms with Gasteiger partial charge in [-0.3, -0.25) is 9.78 Å². The van der Waals surface area contributed by atoms with Crippen LogP contribution in [0, 0.1) is 11.3 Å². The Bertz CT molecular complexity index is 301. The fraction of sp³-hybridized carbons (Fsp3) is 0.125. The number of hydrogen-bond donors (Lipinski definition) is 0. The van der Waals surface area contributed by atoms with Crippen molar-refractivity contribution in [1.29, 1.82) is 5.26 Å². The van der Waals surface area contributed by atoms with E-state index in [0.29, 0.717) is 17.5 Å². The van der Waals surface area contributed by atoms with Gasteiger partial charge in [0, 0.05) is 6.20 Å². The lowest BCUT2D eigenvalue weighted by molar-refractivity contribution is 0.111. The first-order valence-corrected chi connectivity index (χ1v) is 3.14. The highest BCUT2D eigenvalue weighted by Crippen LogP contribution is 2.02. The smallest absolute Gasteiger partial charge is 0.168 e. The van der Waals surface area contributed by atoms with Crippen LogP contribution in [0.15, 0.2) is 18.3 Å². The Hall–Kier alpha value is -1.69. The molecule has 11 heavy (non-hydrogen) atoms. The molecule has 0 radical (unpaired) electrons. The van der Waals surface area contributed by atoms with Crippen molar-refractivity contribution in [3.8, 4) is 6.07 Å². The molecular weight excluding hydrogens is 140 g/mol. The minimum atomic E-state index is 0.238. The molecule has 1 aromatic rings. The Kier molecular flexibility index (Phi) is 2.34. The van der Waals surface area contributed by atoms with Gasteiger partial charge in [0.1, 0.15) is 5.69 Å². The molecule has 1 aromatic heterocycles. The van der Waals surface area contributed by atoms with E-state index < -0.39 is 0 Å². The number of nitriles is 1. The largest absolute Gasteiger partial charge is 0.296 e. The van der Waals surface area contributed by atoms with Crippen LogP contribution in [0.2, 0.25) is 0 Å². The molecule has 1 rings (SSSR count). The number of nitrogens with zero attached hydrogens (tertiary/aromatic N) is 2. The van der Waals surface area contributed by atoms with Crippen LogP contribution in [0.1, 0.15) is 16.1 Å². The van der Waals surface area contributed by atoms with Crippen LogP contribution in [-0.2, 0) is 6.42 Å².